The van der Waals surface area contributed by atoms with Gasteiger partial charge in [-0.15, -0.1) is 0 Å². The monoisotopic (exact) mass is 324 g/mol. The molecule has 0 heterocycles. The first-order valence-corrected chi connectivity index (χ1v) is 6.62. The number of ether oxygens (including phenoxy) is 1. The molecule has 1 nitrogen and oxygen atoms in total. The minimum atomic E-state index is -4.09. The molecule has 0 aromatic heterocycles. The Hall–Kier alpha value is -0.550. The molecule has 1 unspecified atom stereocenters. The van der Waals surface area contributed by atoms with Gasteiger partial charge in [0.1, 0.15) is 0 Å². The molecule has 0 bridgehead atoms. The molecule has 0 amide bonds. The van der Waals surface area contributed by atoms with E-state index in [1.54, 1.807) is 7.11 Å². The lowest BCUT2D eigenvalue weighted by Crippen LogP contribution is -2.08. The van der Waals surface area contributed by atoms with Gasteiger partial charge < -0.3 is 4.74 Å². The van der Waals surface area contributed by atoms with Gasteiger partial charge in [-0.05, 0) is 24.0 Å². The van der Waals surface area contributed by atoms with E-state index in [1.807, 2.05) is 24.3 Å². The van der Waals surface area contributed by atoms with Crippen molar-refractivity contribution in [2.75, 3.05) is 13.7 Å². The number of methoxy groups -OCH3 is 1. The standard InChI is InChI=1S/C13H16BrF3O/c1-18-9-7-10-2-4-11(5-3-10)12(14)6-8-13(15,16)17/h2-5,12H,6-9H2,1H3. The first-order valence-electron chi connectivity index (χ1n) is 5.71. The Bertz CT molecular complexity index is 348. The van der Waals surface area contributed by atoms with Crippen LogP contribution in [-0.4, -0.2) is 19.9 Å². The minimum absolute atomic E-state index is 0.0565. The normalized spacial score (nSPS) is 13.6. The van der Waals surface area contributed by atoms with Gasteiger partial charge in [-0.2, -0.15) is 13.2 Å². The number of hydrogen-bond donors (Lipinski definition) is 0. The van der Waals surface area contributed by atoms with Crippen LogP contribution in [0.4, 0.5) is 13.2 Å². The zero-order chi connectivity index (χ0) is 13.6. The molecule has 0 aliphatic carbocycles. The molecule has 5 heteroatoms. The lowest BCUT2D eigenvalue weighted by molar-refractivity contribution is -0.135. The van der Waals surface area contributed by atoms with Crippen LogP contribution in [0.3, 0.4) is 0 Å². The third-order valence-electron chi connectivity index (χ3n) is 2.62. The fraction of sp³-hybridized carbons (Fsp3) is 0.538. The van der Waals surface area contributed by atoms with Crippen molar-refractivity contribution < 1.29 is 17.9 Å². The maximum atomic E-state index is 12.1. The quantitative estimate of drug-likeness (QED) is 0.692. The second-order valence-corrected chi connectivity index (χ2v) is 5.21. The van der Waals surface area contributed by atoms with Crippen LogP contribution >= 0.6 is 15.9 Å². The molecule has 1 aromatic rings. The van der Waals surface area contributed by atoms with E-state index in [0.717, 1.165) is 17.5 Å². The summed E-state index contributed by atoms with van der Waals surface area (Å²) in [6, 6.07) is 7.58. The van der Waals surface area contributed by atoms with Crippen molar-refractivity contribution in [1.29, 1.82) is 0 Å². The van der Waals surface area contributed by atoms with Gasteiger partial charge in [0.2, 0.25) is 0 Å². The van der Waals surface area contributed by atoms with Crippen molar-refractivity contribution in [3.05, 3.63) is 35.4 Å². The Labute approximate surface area is 113 Å². The zero-order valence-corrected chi connectivity index (χ0v) is 11.7. The number of alkyl halides is 4. The minimum Gasteiger partial charge on any atom is -0.384 e. The van der Waals surface area contributed by atoms with Gasteiger partial charge >= 0.3 is 6.18 Å². The van der Waals surface area contributed by atoms with Crippen LogP contribution in [0.5, 0.6) is 0 Å². The molecular weight excluding hydrogens is 309 g/mol. The average Bonchev–Trinajstić information content (AvgIpc) is 2.33. The Morgan fingerprint density at radius 2 is 1.83 bits per heavy atom. The molecule has 1 atom stereocenters. The molecule has 0 fully saturated rings. The molecule has 102 valence electrons. The van der Waals surface area contributed by atoms with Gasteiger partial charge in [0.15, 0.2) is 0 Å². The highest BCUT2D eigenvalue weighted by atomic mass is 79.9. The van der Waals surface area contributed by atoms with E-state index < -0.39 is 12.6 Å². The van der Waals surface area contributed by atoms with Crippen LogP contribution < -0.4 is 0 Å². The van der Waals surface area contributed by atoms with E-state index in [2.05, 4.69) is 15.9 Å². The average molecular weight is 325 g/mol. The summed E-state index contributed by atoms with van der Waals surface area (Å²) in [7, 11) is 1.64. The summed E-state index contributed by atoms with van der Waals surface area (Å²) in [5, 5.41) is 0. The summed E-state index contributed by atoms with van der Waals surface area (Å²) in [5.41, 5.74) is 2.00. The zero-order valence-electron chi connectivity index (χ0n) is 10.1. The number of hydrogen-bond acceptors (Lipinski definition) is 1. The molecule has 0 aliphatic heterocycles. The van der Waals surface area contributed by atoms with Crippen molar-refractivity contribution in [3.63, 3.8) is 0 Å². The predicted octanol–water partition coefficient (Wildman–Crippen LogP) is 4.65. The lowest BCUT2D eigenvalue weighted by Gasteiger charge is -2.12. The van der Waals surface area contributed by atoms with E-state index in [4.69, 9.17) is 4.74 Å². The fourth-order valence-corrected chi connectivity index (χ4v) is 2.10. The highest BCUT2D eigenvalue weighted by molar-refractivity contribution is 9.09. The molecular formula is C13H16BrF3O. The second kappa shape index (κ2) is 7.14. The maximum Gasteiger partial charge on any atom is 0.389 e. The van der Waals surface area contributed by atoms with Gasteiger partial charge in [0.05, 0.1) is 6.61 Å². The van der Waals surface area contributed by atoms with Crippen molar-refractivity contribution in [1.82, 2.24) is 0 Å². The lowest BCUT2D eigenvalue weighted by atomic mass is 10.0. The van der Waals surface area contributed by atoms with Gasteiger partial charge in [-0.3, -0.25) is 0 Å². The molecule has 0 N–H and O–H groups in total. The van der Waals surface area contributed by atoms with E-state index in [-0.39, 0.29) is 11.2 Å². The number of halogens is 4. The molecule has 0 aliphatic rings. The fourth-order valence-electron chi connectivity index (χ4n) is 1.57. The topological polar surface area (TPSA) is 9.23 Å². The van der Waals surface area contributed by atoms with Crippen LogP contribution in [0.15, 0.2) is 24.3 Å². The van der Waals surface area contributed by atoms with Crippen molar-refractivity contribution in [3.8, 4) is 0 Å². The van der Waals surface area contributed by atoms with Crippen molar-refractivity contribution in [2.24, 2.45) is 0 Å². The molecule has 0 spiro atoms. The van der Waals surface area contributed by atoms with E-state index in [1.165, 1.54) is 0 Å². The Balaban J connectivity index is 2.51. The maximum absolute atomic E-state index is 12.1. The summed E-state index contributed by atoms with van der Waals surface area (Å²) < 4.78 is 41.3. The third-order valence-corrected chi connectivity index (χ3v) is 3.60. The van der Waals surface area contributed by atoms with Gasteiger partial charge in [0, 0.05) is 18.4 Å². The van der Waals surface area contributed by atoms with Crippen molar-refractivity contribution >= 4 is 15.9 Å². The van der Waals surface area contributed by atoms with Crippen molar-refractivity contribution in [2.45, 2.75) is 30.3 Å². The largest absolute Gasteiger partial charge is 0.389 e. The molecule has 18 heavy (non-hydrogen) atoms. The third kappa shape index (κ3) is 5.87. The molecule has 1 aromatic carbocycles. The van der Waals surface area contributed by atoms with Crippen LogP contribution in [0, 0.1) is 0 Å². The molecule has 0 radical (unpaired) electrons. The Morgan fingerprint density at radius 3 is 2.33 bits per heavy atom. The number of rotatable bonds is 6. The van der Waals surface area contributed by atoms with E-state index >= 15 is 0 Å². The summed E-state index contributed by atoms with van der Waals surface area (Å²) in [4.78, 5) is -0.254. The van der Waals surface area contributed by atoms with Crippen LogP contribution in [-0.2, 0) is 11.2 Å². The van der Waals surface area contributed by atoms with Crippen LogP contribution in [0.1, 0.15) is 28.8 Å². The first kappa shape index (κ1) is 15.5. The Kier molecular flexibility index (Phi) is 6.15. The van der Waals surface area contributed by atoms with Gasteiger partial charge in [-0.25, -0.2) is 0 Å². The van der Waals surface area contributed by atoms with Gasteiger partial charge in [-0.1, -0.05) is 40.2 Å². The smallest absolute Gasteiger partial charge is 0.384 e. The number of benzene rings is 1. The van der Waals surface area contributed by atoms with Crippen LogP contribution in [0.2, 0.25) is 0 Å². The molecule has 1 rings (SSSR count). The first-order chi connectivity index (χ1) is 8.42. The Morgan fingerprint density at radius 1 is 1.22 bits per heavy atom. The summed E-state index contributed by atoms with van der Waals surface area (Å²) in [6.07, 6.45) is -3.99. The highest BCUT2D eigenvalue weighted by Gasteiger charge is 2.28. The highest BCUT2D eigenvalue weighted by Crippen LogP contribution is 2.32. The SMILES string of the molecule is COCCc1ccc(C(Br)CCC(F)(F)F)cc1. The summed E-state index contributed by atoms with van der Waals surface area (Å²) in [6.45, 7) is 0.644. The van der Waals surface area contributed by atoms with Gasteiger partial charge in [0.25, 0.3) is 0 Å². The van der Waals surface area contributed by atoms with Crippen LogP contribution in [0.25, 0.3) is 0 Å². The predicted molar refractivity (Wildman–Crippen MR) is 69.0 cm³/mol. The molecule has 0 saturated heterocycles. The summed E-state index contributed by atoms with van der Waals surface area (Å²) >= 11 is 3.29. The molecule has 0 saturated carbocycles. The second-order valence-electron chi connectivity index (χ2n) is 4.11. The van der Waals surface area contributed by atoms with E-state index in [9.17, 15) is 13.2 Å². The van der Waals surface area contributed by atoms with E-state index in [0.29, 0.717) is 6.61 Å². The summed E-state index contributed by atoms with van der Waals surface area (Å²) in [5.74, 6) is 0.